The minimum atomic E-state index is -2.61. The molecule has 0 saturated heterocycles. The maximum absolute atomic E-state index is 8.81. The van der Waals surface area contributed by atoms with Crippen molar-refractivity contribution in [1.82, 2.24) is 0 Å². The van der Waals surface area contributed by atoms with Gasteiger partial charge in [-0.05, 0) is 0 Å². The molecule has 0 aromatic heterocycles. The predicted octanol–water partition coefficient (Wildman–Crippen LogP) is -1.58. The molecule has 0 rings (SSSR count). The van der Waals surface area contributed by atoms with E-state index < -0.39 is 11.4 Å². The average molecular weight is 164 g/mol. The maximum atomic E-state index is 8.81. The summed E-state index contributed by atoms with van der Waals surface area (Å²) in [5.41, 5.74) is 0. The Hall–Kier alpha value is 0.410. The number of carbonyl (C=O) groups excluding carboxylic acids is 2. The van der Waals surface area contributed by atoms with Crippen molar-refractivity contribution in [2.45, 2.75) is 0 Å². The van der Waals surface area contributed by atoms with Crippen molar-refractivity contribution in [2.24, 2.45) is 0 Å². The second-order valence-corrected chi connectivity index (χ2v) is 0.964. The fraction of sp³-hybridized carbons (Fsp3) is 0. The zero-order valence-corrected chi connectivity index (χ0v) is 4.50. The molecule has 50 valence electrons. The Morgan fingerprint density at radius 2 is 1.22 bits per heavy atom. The molecule has 0 aliphatic rings. The van der Waals surface area contributed by atoms with Gasteiger partial charge in [-0.15, -0.1) is 0 Å². The first-order valence-corrected chi connectivity index (χ1v) is 2.40. The van der Waals surface area contributed by atoms with Crippen molar-refractivity contribution in [3.63, 3.8) is 0 Å². The van der Waals surface area contributed by atoms with Crippen LogP contribution in [0.15, 0.2) is 0 Å². The van der Waals surface area contributed by atoms with Gasteiger partial charge in [0.25, 0.3) is 11.4 Å². The SMILES string of the molecule is O=CC=O.O=S(O)O.[NaH]. The second-order valence-electron chi connectivity index (χ2n) is 0.503. The summed E-state index contributed by atoms with van der Waals surface area (Å²) in [5.74, 6) is 0. The summed E-state index contributed by atoms with van der Waals surface area (Å²) in [6.45, 7) is 0. The summed E-state index contributed by atoms with van der Waals surface area (Å²) in [6.07, 6.45) is 0.389. The molecular formula is C2H5NaO5S. The van der Waals surface area contributed by atoms with E-state index in [2.05, 4.69) is 0 Å². The van der Waals surface area contributed by atoms with Crippen LogP contribution < -0.4 is 0 Å². The molecule has 2 N–H and O–H groups in total. The zero-order chi connectivity index (χ0) is 6.99. The van der Waals surface area contributed by atoms with Gasteiger partial charge < -0.3 is 0 Å². The van der Waals surface area contributed by atoms with Gasteiger partial charge in [-0.2, -0.15) is 4.21 Å². The van der Waals surface area contributed by atoms with E-state index in [1.807, 2.05) is 0 Å². The van der Waals surface area contributed by atoms with E-state index in [0.29, 0.717) is 0 Å². The summed E-state index contributed by atoms with van der Waals surface area (Å²) in [6, 6.07) is 0. The van der Waals surface area contributed by atoms with Gasteiger partial charge in [-0.25, -0.2) is 0 Å². The van der Waals surface area contributed by atoms with Gasteiger partial charge in [-0.3, -0.25) is 18.7 Å². The van der Waals surface area contributed by atoms with E-state index in [9.17, 15) is 0 Å². The summed E-state index contributed by atoms with van der Waals surface area (Å²) in [4.78, 5) is 17.6. The number of hydrogen-bond donors (Lipinski definition) is 2. The average Bonchev–Trinajstić information content (AvgIpc) is 1.65. The van der Waals surface area contributed by atoms with Crippen LogP contribution in [0.1, 0.15) is 0 Å². The van der Waals surface area contributed by atoms with Crippen LogP contribution in [-0.4, -0.2) is 55.4 Å². The van der Waals surface area contributed by atoms with Crippen LogP contribution in [0.2, 0.25) is 0 Å². The molecule has 7 heteroatoms. The molecule has 9 heavy (non-hydrogen) atoms. The van der Waals surface area contributed by atoms with Gasteiger partial charge in [0.15, 0.2) is 12.6 Å². The summed E-state index contributed by atoms with van der Waals surface area (Å²) in [7, 11) is 0. The number of hydrogen-bond acceptors (Lipinski definition) is 3. The Labute approximate surface area is 76.2 Å². The molecule has 0 aliphatic heterocycles. The molecule has 0 aromatic carbocycles. The fourth-order valence-electron chi connectivity index (χ4n) is 0. The van der Waals surface area contributed by atoms with E-state index in [1.165, 1.54) is 0 Å². The summed E-state index contributed by atoms with van der Waals surface area (Å²) in [5, 5.41) is 0. The Balaban J connectivity index is -0.0000000720. The molecule has 0 aromatic rings. The summed E-state index contributed by atoms with van der Waals surface area (Å²) < 4.78 is 22.8. The molecule has 0 heterocycles. The fourth-order valence-corrected chi connectivity index (χ4v) is 0. The van der Waals surface area contributed by atoms with Gasteiger partial charge in [0, 0.05) is 0 Å². The molecule has 5 nitrogen and oxygen atoms in total. The van der Waals surface area contributed by atoms with Crippen LogP contribution in [0.5, 0.6) is 0 Å². The number of aldehydes is 2. The number of rotatable bonds is 1. The Bertz CT molecular complexity index is 83.0. The van der Waals surface area contributed by atoms with Crippen molar-refractivity contribution in [3.05, 3.63) is 0 Å². The van der Waals surface area contributed by atoms with Crippen molar-refractivity contribution >= 4 is 53.5 Å². The molecular weight excluding hydrogens is 159 g/mol. The van der Waals surface area contributed by atoms with Gasteiger partial charge in [0.05, 0.1) is 0 Å². The standard InChI is InChI=1S/C2H2O2.Na.H2O3S.H/c3-1-2-4;;1-4(2)3;/h1-2H;;(H2,1,2,3);. The van der Waals surface area contributed by atoms with Gasteiger partial charge in [-0.1, -0.05) is 0 Å². The van der Waals surface area contributed by atoms with E-state index >= 15 is 0 Å². The van der Waals surface area contributed by atoms with Crippen molar-refractivity contribution in [2.75, 3.05) is 0 Å². The van der Waals surface area contributed by atoms with Crippen LogP contribution in [0, 0.1) is 0 Å². The first-order valence-electron chi connectivity index (χ1n) is 1.34. The van der Waals surface area contributed by atoms with E-state index in [-0.39, 0.29) is 42.1 Å². The first-order chi connectivity index (χ1) is 3.65. The van der Waals surface area contributed by atoms with Gasteiger partial charge in [0.2, 0.25) is 0 Å². The van der Waals surface area contributed by atoms with Crippen molar-refractivity contribution in [1.29, 1.82) is 0 Å². The second kappa shape index (κ2) is 15.8. The van der Waals surface area contributed by atoms with Gasteiger partial charge >= 0.3 is 29.6 Å². The number of carbonyl (C=O) groups is 2. The molecule has 0 amide bonds. The molecule has 0 saturated carbocycles. The van der Waals surface area contributed by atoms with E-state index in [0.717, 1.165) is 0 Å². The first kappa shape index (κ1) is 16.2. The van der Waals surface area contributed by atoms with Crippen molar-refractivity contribution < 1.29 is 22.9 Å². The van der Waals surface area contributed by atoms with E-state index in [1.54, 1.807) is 0 Å². The predicted molar refractivity (Wildman–Crippen MR) is 32.7 cm³/mol. The molecule has 0 atom stereocenters. The minimum absolute atomic E-state index is 0. The quantitative estimate of drug-likeness (QED) is 0.211. The Morgan fingerprint density at radius 1 is 1.11 bits per heavy atom. The normalized spacial score (nSPS) is 6.11. The van der Waals surface area contributed by atoms with Crippen LogP contribution >= 0.6 is 0 Å². The third kappa shape index (κ3) is 174. The molecule has 0 bridgehead atoms. The third-order valence-corrected chi connectivity index (χ3v) is 0.0556. The topological polar surface area (TPSA) is 91.7 Å². The van der Waals surface area contributed by atoms with Gasteiger partial charge in [0.1, 0.15) is 0 Å². The van der Waals surface area contributed by atoms with E-state index in [4.69, 9.17) is 22.9 Å². The van der Waals surface area contributed by atoms with Crippen molar-refractivity contribution in [3.8, 4) is 0 Å². The van der Waals surface area contributed by atoms with Crippen LogP contribution in [-0.2, 0) is 21.0 Å². The monoisotopic (exact) mass is 164 g/mol. The van der Waals surface area contributed by atoms with Crippen LogP contribution in [0.3, 0.4) is 0 Å². The van der Waals surface area contributed by atoms with Crippen LogP contribution in [0.4, 0.5) is 0 Å². The zero-order valence-electron chi connectivity index (χ0n) is 3.68. The third-order valence-electron chi connectivity index (χ3n) is 0.0556. The Kier molecular flexibility index (Phi) is 28.4. The Morgan fingerprint density at radius 3 is 1.22 bits per heavy atom. The molecule has 0 unspecified atom stereocenters. The summed E-state index contributed by atoms with van der Waals surface area (Å²) >= 11 is -2.61. The molecule has 0 spiro atoms. The van der Waals surface area contributed by atoms with Crippen LogP contribution in [0.25, 0.3) is 0 Å². The molecule has 0 fully saturated rings. The molecule has 0 radical (unpaired) electrons. The molecule has 0 aliphatic carbocycles.